The maximum atomic E-state index is 5.47. The monoisotopic (exact) mass is 298 g/mol. The molecule has 1 aliphatic heterocycles. The van der Waals surface area contributed by atoms with Gasteiger partial charge in [-0.1, -0.05) is 5.16 Å². The molecule has 0 saturated carbocycles. The molecule has 0 aromatic carbocycles. The quantitative estimate of drug-likeness (QED) is 0.804. The Kier molecular flexibility index (Phi) is 3.25. The van der Waals surface area contributed by atoms with Crippen LogP contribution in [-0.4, -0.2) is 21.7 Å². The second-order valence-corrected chi connectivity index (χ2v) is 6.02. The van der Waals surface area contributed by atoms with E-state index in [0.717, 1.165) is 18.5 Å². The average Bonchev–Trinajstić information content (AvgIpc) is 3.16. The predicted octanol–water partition coefficient (Wildman–Crippen LogP) is 2.35. The van der Waals surface area contributed by atoms with Gasteiger partial charge in [-0.25, -0.2) is 0 Å². The zero-order chi connectivity index (χ0) is 14.1. The molecule has 0 amide bonds. The molecule has 0 bridgehead atoms. The molecule has 106 valence electrons. The van der Waals surface area contributed by atoms with Gasteiger partial charge in [0.15, 0.2) is 5.82 Å². The van der Waals surface area contributed by atoms with Crippen molar-refractivity contribution in [2.24, 2.45) is 0 Å². The molecule has 21 heavy (non-hydrogen) atoms. The molecule has 3 aromatic heterocycles. The normalized spacial score (nSPS) is 17.6. The summed E-state index contributed by atoms with van der Waals surface area (Å²) < 4.78 is 5.47. The number of fused-ring (bicyclic) bond motifs is 1. The third-order valence-corrected chi connectivity index (χ3v) is 4.63. The Balaban J connectivity index is 1.58. The van der Waals surface area contributed by atoms with Crippen LogP contribution in [0.4, 0.5) is 0 Å². The van der Waals surface area contributed by atoms with E-state index < -0.39 is 0 Å². The fourth-order valence-corrected chi connectivity index (χ4v) is 3.53. The molecule has 4 heterocycles. The molecule has 0 radical (unpaired) electrons. The fourth-order valence-electron chi connectivity index (χ4n) is 2.61. The van der Waals surface area contributed by atoms with Crippen LogP contribution in [0.15, 0.2) is 40.5 Å². The summed E-state index contributed by atoms with van der Waals surface area (Å²) in [4.78, 5) is 9.97. The first-order valence-electron chi connectivity index (χ1n) is 6.91. The van der Waals surface area contributed by atoms with Gasteiger partial charge in [0.05, 0.1) is 0 Å². The summed E-state index contributed by atoms with van der Waals surface area (Å²) in [6.07, 6.45) is 5.28. The van der Waals surface area contributed by atoms with E-state index in [4.69, 9.17) is 4.52 Å². The topological polar surface area (TPSA) is 63.8 Å². The largest absolute Gasteiger partial charge is 0.337 e. The van der Waals surface area contributed by atoms with Crippen LogP contribution in [0.1, 0.15) is 33.8 Å². The van der Waals surface area contributed by atoms with Crippen molar-refractivity contribution in [3.8, 4) is 0 Å². The van der Waals surface area contributed by atoms with Crippen LogP contribution in [0.3, 0.4) is 0 Å². The van der Waals surface area contributed by atoms with Crippen LogP contribution >= 0.6 is 11.3 Å². The lowest BCUT2D eigenvalue weighted by atomic mass is 10.0. The van der Waals surface area contributed by atoms with Gasteiger partial charge >= 0.3 is 0 Å². The summed E-state index contributed by atoms with van der Waals surface area (Å²) in [5.41, 5.74) is 2.40. The number of rotatable bonds is 3. The van der Waals surface area contributed by atoms with Crippen LogP contribution in [0.5, 0.6) is 0 Å². The number of thiophene rings is 1. The molecule has 1 atom stereocenters. The predicted molar refractivity (Wildman–Crippen MR) is 79.2 cm³/mol. The van der Waals surface area contributed by atoms with E-state index in [1.54, 1.807) is 23.7 Å². The van der Waals surface area contributed by atoms with Crippen molar-refractivity contribution >= 4 is 11.3 Å². The summed E-state index contributed by atoms with van der Waals surface area (Å²) in [7, 11) is 0. The average molecular weight is 298 g/mol. The van der Waals surface area contributed by atoms with Crippen LogP contribution < -0.4 is 5.32 Å². The minimum absolute atomic E-state index is 0.0266. The van der Waals surface area contributed by atoms with Gasteiger partial charge in [-0.2, -0.15) is 4.98 Å². The van der Waals surface area contributed by atoms with E-state index in [1.807, 2.05) is 12.1 Å². The van der Waals surface area contributed by atoms with Crippen molar-refractivity contribution in [1.29, 1.82) is 0 Å². The van der Waals surface area contributed by atoms with Crippen LogP contribution in [0.2, 0.25) is 0 Å². The molecule has 0 aliphatic carbocycles. The van der Waals surface area contributed by atoms with Gasteiger partial charge in [0.25, 0.3) is 0 Å². The van der Waals surface area contributed by atoms with Crippen LogP contribution in [0.25, 0.3) is 0 Å². The first kappa shape index (κ1) is 12.7. The second kappa shape index (κ2) is 5.38. The lowest BCUT2D eigenvalue weighted by Crippen LogP contribution is -2.29. The van der Waals surface area contributed by atoms with Crippen molar-refractivity contribution in [3.63, 3.8) is 0 Å². The zero-order valence-electron chi connectivity index (χ0n) is 11.3. The Hall–Kier alpha value is -2.05. The Morgan fingerprint density at radius 2 is 2.19 bits per heavy atom. The smallest absolute Gasteiger partial charge is 0.248 e. The molecule has 1 aliphatic rings. The first-order valence-corrected chi connectivity index (χ1v) is 7.79. The number of hydrogen-bond acceptors (Lipinski definition) is 6. The van der Waals surface area contributed by atoms with Crippen molar-refractivity contribution in [2.45, 2.75) is 18.9 Å². The first-order chi connectivity index (χ1) is 10.4. The van der Waals surface area contributed by atoms with Gasteiger partial charge in [0.2, 0.25) is 5.89 Å². The van der Waals surface area contributed by atoms with Gasteiger partial charge in [-0.05, 0) is 41.1 Å². The maximum absolute atomic E-state index is 5.47. The molecule has 3 aromatic rings. The molecule has 1 N–H and O–H groups in total. The SMILES string of the molecule is c1cc(Cc2noc(C3NCCc4sccc43)n2)ccn1. The Labute approximate surface area is 126 Å². The molecule has 0 saturated heterocycles. The van der Waals surface area contributed by atoms with Gasteiger partial charge in [0.1, 0.15) is 6.04 Å². The van der Waals surface area contributed by atoms with Crippen molar-refractivity contribution in [1.82, 2.24) is 20.4 Å². The Morgan fingerprint density at radius 3 is 3.10 bits per heavy atom. The molecule has 0 spiro atoms. The van der Waals surface area contributed by atoms with Gasteiger partial charge in [-0.3, -0.25) is 4.98 Å². The van der Waals surface area contributed by atoms with Gasteiger partial charge in [0, 0.05) is 30.2 Å². The lowest BCUT2D eigenvalue weighted by Gasteiger charge is -2.20. The number of pyridine rings is 1. The van der Waals surface area contributed by atoms with Gasteiger partial charge in [-0.15, -0.1) is 11.3 Å². The van der Waals surface area contributed by atoms with Crippen LogP contribution in [0, 0.1) is 0 Å². The lowest BCUT2D eigenvalue weighted by molar-refractivity contribution is 0.341. The highest BCUT2D eigenvalue weighted by molar-refractivity contribution is 7.10. The van der Waals surface area contributed by atoms with Crippen molar-refractivity contribution in [3.05, 3.63) is 63.7 Å². The summed E-state index contributed by atoms with van der Waals surface area (Å²) in [6.45, 7) is 0.945. The maximum Gasteiger partial charge on any atom is 0.248 e. The van der Waals surface area contributed by atoms with E-state index in [2.05, 4.69) is 31.9 Å². The number of aromatic nitrogens is 3. The highest BCUT2D eigenvalue weighted by Gasteiger charge is 2.26. The van der Waals surface area contributed by atoms with E-state index in [-0.39, 0.29) is 6.04 Å². The van der Waals surface area contributed by atoms with E-state index in [9.17, 15) is 0 Å². The third-order valence-electron chi connectivity index (χ3n) is 3.63. The molecule has 5 nitrogen and oxygen atoms in total. The molecule has 4 rings (SSSR count). The fraction of sp³-hybridized carbons (Fsp3) is 0.267. The third kappa shape index (κ3) is 2.48. The molecule has 0 fully saturated rings. The van der Waals surface area contributed by atoms with Crippen molar-refractivity contribution in [2.75, 3.05) is 6.54 Å². The van der Waals surface area contributed by atoms with E-state index in [1.165, 1.54) is 10.4 Å². The number of nitrogens with one attached hydrogen (secondary N) is 1. The highest BCUT2D eigenvalue weighted by Crippen LogP contribution is 2.31. The molecule has 6 heteroatoms. The second-order valence-electron chi connectivity index (χ2n) is 5.02. The highest BCUT2D eigenvalue weighted by atomic mass is 32.1. The minimum atomic E-state index is 0.0266. The van der Waals surface area contributed by atoms with Gasteiger partial charge < -0.3 is 9.84 Å². The summed E-state index contributed by atoms with van der Waals surface area (Å²) >= 11 is 1.80. The van der Waals surface area contributed by atoms with E-state index >= 15 is 0 Å². The van der Waals surface area contributed by atoms with Crippen molar-refractivity contribution < 1.29 is 4.52 Å². The molecular weight excluding hydrogens is 284 g/mol. The molecular formula is C15H14N4OS. The minimum Gasteiger partial charge on any atom is -0.337 e. The standard InChI is InChI=1S/C15H14N4OS/c1-5-16-6-2-10(1)9-13-18-15(20-19-13)14-11-4-8-21-12(11)3-7-17-14/h1-2,4-6,8,14,17H,3,7,9H2. The van der Waals surface area contributed by atoms with E-state index in [0.29, 0.717) is 18.1 Å². The number of hydrogen-bond donors (Lipinski definition) is 1. The Bertz CT molecular complexity index is 737. The zero-order valence-corrected chi connectivity index (χ0v) is 12.1. The Morgan fingerprint density at radius 1 is 1.29 bits per heavy atom. The summed E-state index contributed by atoms with van der Waals surface area (Å²) in [5, 5.41) is 9.68. The summed E-state index contributed by atoms with van der Waals surface area (Å²) in [6, 6.07) is 6.10. The van der Waals surface area contributed by atoms with Crippen LogP contribution in [-0.2, 0) is 12.8 Å². The molecule has 1 unspecified atom stereocenters. The summed E-state index contributed by atoms with van der Waals surface area (Å²) in [5.74, 6) is 1.36. The number of nitrogens with zero attached hydrogens (tertiary/aromatic N) is 3.